The highest BCUT2D eigenvalue weighted by molar-refractivity contribution is 5.83. The maximum absolute atomic E-state index is 12.6. The number of amides is 1. The van der Waals surface area contributed by atoms with Gasteiger partial charge in [-0.1, -0.05) is 27.7 Å². The van der Waals surface area contributed by atoms with Crippen molar-refractivity contribution in [3.63, 3.8) is 0 Å². The Labute approximate surface area is 160 Å². The number of fused-ring (bicyclic) bond motifs is 3. The van der Waals surface area contributed by atoms with Gasteiger partial charge in [0, 0.05) is 30.1 Å². The molecule has 146 valence electrons. The molecule has 0 aliphatic heterocycles. The van der Waals surface area contributed by atoms with Gasteiger partial charge >= 0.3 is 5.63 Å². The second kappa shape index (κ2) is 8.15. The molecule has 0 atom stereocenters. The third-order valence-electron chi connectivity index (χ3n) is 4.83. The summed E-state index contributed by atoms with van der Waals surface area (Å²) in [6.07, 6.45) is 2.70. The number of aryl methyl sites for hydroxylation is 1. The molecule has 1 heterocycles. The second-order valence-electron chi connectivity index (χ2n) is 8.23. The van der Waals surface area contributed by atoms with E-state index in [1.165, 1.54) is 0 Å². The standard InChI is InChI=1S/C22H29NO4/c1-14(2)11-23(12-15(3)4)21(24)13-26-16-8-9-18-17-6-5-7-19(17)22(25)27-20(18)10-16/h8-10,14-15H,5-7,11-13H2,1-4H3. The van der Waals surface area contributed by atoms with Crippen LogP contribution in [-0.4, -0.2) is 30.5 Å². The molecule has 0 spiro atoms. The molecule has 2 aromatic rings. The summed E-state index contributed by atoms with van der Waals surface area (Å²) in [6.45, 7) is 9.84. The van der Waals surface area contributed by atoms with E-state index in [0.29, 0.717) is 23.2 Å². The van der Waals surface area contributed by atoms with Crippen molar-refractivity contribution in [3.8, 4) is 5.75 Å². The lowest BCUT2D eigenvalue weighted by Crippen LogP contribution is -2.39. The van der Waals surface area contributed by atoms with Gasteiger partial charge in [0.1, 0.15) is 11.3 Å². The first-order valence-corrected chi connectivity index (χ1v) is 9.84. The Balaban J connectivity index is 1.74. The molecule has 0 unspecified atom stereocenters. The number of ether oxygens (including phenoxy) is 1. The lowest BCUT2D eigenvalue weighted by atomic mass is 10.1. The summed E-state index contributed by atoms with van der Waals surface area (Å²) in [5.41, 5.74) is 2.20. The molecule has 0 N–H and O–H groups in total. The average molecular weight is 371 g/mol. The fraction of sp³-hybridized carbons (Fsp3) is 0.545. The van der Waals surface area contributed by atoms with Crippen molar-refractivity contribution in [1.82, 2.24) is 4.90 Å². The van der Waals surface area contributed by atoms with Gasteiger partial charge in [-0.15, -0.1) is 0 Å². The Morgan fingerprint density at radius 1 is 1.11 bits per heavy atom. The summed E-state index contributed by atoms with van der Waals surface area (Å²) in [4.78, 5) is 26.6. The van der Waals surface area contributed by atoms with Crippen LogP contribution < -0.4 is 10.4 Å². The Morgan fingerprint density at radius 2 is 1.78 bits per heavy atom. The minimum atomic E-state index is -0.247. The maximum atomic E-state index is 12.6. The molecule has 1 aliphatic rings. The molecule has 5 heteroatoms. The van der Waals surface area contributed by atoms with Crippen LogP contribution in [0.1, 0.15) is 45.2 Å². The van der Waals surface area contributed by atoms with Gasteiger partial charge in [0.2, 0.25) is 0 Å². The average Bonchev–Trinajstić information content (AvgIpc) is 3.08. The van der Waals surface area contributed by atoms with Gasteiger partial charge in [-0.3, -0.25) is 4.79 Å². The SMILES string of the molecule is CC(C)CN(CC(C)C)C(=O)COc1ccc2c3c(c(=O)oc2c1)CCC3. The molecule has 0 saturated carbocycles. The highest BCUT2D eigenvalue weighted by Crippen LogP contribution is 2.29. The highest BCUT2D eigenvalue weighted by atomic mass is 16.5. The summed E-state index contributed by atoms with van der Waals surface area (Å²) in [5, 5.41) is 0.974. The lowest BCUT2D eigenvalue weighted by molar-refractivity contribution is -0.134. The summed E-state index contributed by atoms with van der Waals surface area (Å²) in [5.74, 6) is 1.34. The molecule has 0 saturated heterocycles. The molecule has 1 aromatic carbocycles. The van der Waals surface area contributed by atoms with E-state index in [-0.39, 0.29) is 18.1 Å². The molecular weight excluding hydrogens is 342 g/mol. The van der Waals surface area contributed by atoms with Crippen LogP contribution in [0.4, 0.5) is 0 Å². The molecule has 0 fully saturated rings. The predicted molar refractivity (Wildman–Crippen MR) is 106 cm³/mol. The minimum Gasteiger partial charge on any atom is -0.484 e. The first-order valence-electron chi connectivity index (χ1n) is 9.84. The quantitative estimate of drug-likeness (QED) is 0.695. The van der Waals surface area contributed by atoms with E-state index < -0.39 is 0 Å². The first-order chi connectivity index (χ1) is 12.8. The monoisotopic (exact) mass is 371 g/mol. The van der Waals surface area contributed by atoms with Crippen molar-refractivity contribution in [2.75, 3.05) is 19.7 Å². The topological polar surface area (TPSA) is 59.8 Å². The molecule has 0 radical (unpaired) electrons. The van der Waals surface area contributed by atoms with E-state index in [2.05, 4.69) is 27.7 Å². The summed E-state index contributed by atoms with van der Waals surface area (Å²) in [7, 11) is 0. The fourth-order valence-electron chi connectivity index (χ4n) is 3.75. The zero-order valence-electron chi connectivity index (χ0n) is 16.7. The van der Waals surface area contributed by atoms with Crippen LogP contribution in [0.25, 0.3) is 11.0 Å². The Hall–Kier alpha value is -2.30. The largest absolute Gasteiger partial charge is 0.484 e. The van der Waals surface area contributed by atoms with Gasteiger partial charge < -0.3 is 14.1 Å². The third kappa shape index (κ3) is 4.52. The van der Waals surface area contributed by atoms with Gasteiger partial charge in [-0.25, -0.2) is 4.79 Å². The van der Waals surface area contributed by atoms with Gasteiger partial charge in [0.15, 0.2) is 6.61 Å². The van der Waals surface area contributed by atoms with Crippen molar-refractivity contribution in [3.05, 3.63) is 39.7 Å². The smallest absolute Gasteiger partial charge is 0.339 e. The van der Waals surface area contributed by atoms with E-state index in [4.69, 9.17) is 9.15 Å². The van der Waals surface area contributed by atoms with Gasteiger partial charge in [-0.05, 0) is 48.8 Å². The maximum Gasteiger partial charge on any atom is 0.339 e. The molecule has 0 bridgehead atoms. The lowest BCUT2D eigenvalue weighted by Gasteiger charge is -2.26. The van der Waals surface area contributed by atoms with E-state index >= 15 is 0 Å². The summed E-state index contributed by atoms with van der Waals surface area (Å²) in [6, 6.07) is 5.50. The number of benzene rings is 1. The van der Waals surface area contributed by atoms with Crippen LogP contribution in [-0.2, 0) is 17.6 Å². The second-order valence-corrected chi connectivity index (χ2v) is 8.23. The van der Waals surface area contributed by atoms with Gasteiger partial charge in [0.25, 0.3) is 5.91 Å². The van der Waals surface area contributed by atoms with Crippen LogP contribution in [0.15, 0.2) is 27.4 Å². The Bertz CT molecular complexity index is 872. The van der Waals surface area contributed by atoms with Crippen molar-refractivity contribution < 1.29 is 13.9 Å². The number of hydrogen-bond acceptors (Lipinski definition) is 4. The summed E-state index contributed by atoms with van der Waals surface area (Å²) >= 11 is 0. The van der Waals surface area contributed by atoms with Crippen LogP contribution in [0, 0.1) is 11.8 Å². The Kier molecular flexibility index (Phi) is 5.88. The highest BCUT2D eigenvalue weighted by Gasteiger charge is 2.20. The molecule has 1 amide bonds. The fourth-order valence-corrected chi connectivity index (χ4v) is 3.75. The van der Waals surface area contributed by atoms with Crippen molar-refractivity contribution in [2.45, 2.75) is 47.0 Å². The van der Waals surface area contributed by atoms with E-state index in [0.717, 1.165) is 48.9 Å². The molecule has 27 heavy (non-hydrogen) atoms. The van der Waals surface area contributed by atoms with E-state index in [9.17, 15) is 9.59 Å². The normalized spacial score (nSPS) is 13.4. The molecule has 1 aromatic heterocycles. The molecule has 3 rings (SSSR count). The van der Waals surface area contributed by atoms with Crippen molar-refractivity contribution >= 4 is 16.9 Å². The minimum absolute atomic E-state index is 0.0138. The third-order valence-corrected chi connectivity index (χ3v) is 4.83. The number of carbonyl (C=O) groups excluding carboxylic acids is 1. The number of carbonyl (C=O) groups is 1. The van der Waals surface area contributed by atoms with Gasteiger partial charge in [0.05, 0.1) is 0 Å². The van der Waals surface area contributed by atoms with E-state index in [1.807, 2.05) is 17.0 Å². The predicted octanol–water partition coefficient (Wildman–Crippen LogP) is 3.80. The number of nitrogens with zero attached hydrogens (tertiary/aromatic N) is 1. The van der Waals surface area contributed by atoms with Gasteiger partial charge in [-0.2, -0.15) is 0 Å². The number of hydrogen-bond donors (Lipinski definition) is 0. The molecule has 1 aliphatic carbocycles. The van der Waals surface area contributed by atoms with Crippen LogP contribution in [0.2, 0.25) is 0 Å². The molecular formula is C22H29NO4. The Morgan fingerprint density at radius 3 is 2.44 bits per heavy atom. The number of rotatable bonds is 7. The van der Waals surface area contributed by atoms with Crippen LogP contribution in [0.3, 0.4) is 0 Å². The van der Waals surface area contributed by atoms with Crippen LogP contribution in [0.5, 0.6) is 5.75 Å². The molecule has 5 nitrogen and oxygen atoms in total. The summed E-state index contributed by atoms with van der Waals surface area (Å²) < 4.78 is 11.2. The van der Waals surface area contributed by atoms with Crippen molar-refractivity contribution in [2.24, 2.45) is 11.8 Å². The van der Waals surface area contributed by atoms with Crippen molar-refractivity contribution in [1.29, 1.82) is 0 Å². The zero-order valence-corrected chi connectivity index (χ0v) is 16.7. The first kappa shape index (κ1) is 19.5. The zero-order chi connectivity index (χ0) is 19.6. The van der Waals surface area contributed by atoms with Crippen LogP contribution >= 0.6 is 0 Å². The van der Waals surface area contributed by atoms with E-state index in [1.54, 1.807) is 6.07 Å².